The van der Waals surface area contributed by atoms with Gasteiger partial charge in [0, 0.05) is 22.9 Å². The number of thiophene rings is 1. The number of carbonyl (C=O) groups is 1. The maximum absolute atomic E-state index is 12.5. The lowest BCUT2D eigenvalue weighted by Gasteiger charge is -2.14. The number of fused-ring (bicyclic) bond motifs is 1. The van der Waals surface area contributed by atoms with Gasteiger partial charge >= 0.3 is 0 Å². The Balaban J connectivity index is 1.74. The number of nitrogens with one attached hydrogen (secondary N) is 2. The van der Waals surface area contributed by atoms with Crippen LogP contribution < -0.4 is 10.6 Å². The van der Waals surface area contributed by atoms with Crippen molar-refractivity contribution in [1.29, 1.82) is 5.26 Å². The molecule has 0 saturated heterocycles. The van der Waals surface area contributed by atoms with Crippen molar-refractivity contribution < 1.29 is 4.79 Å². The SMILES string of the molecule is Cc1ccc(Cl)c([C@@H](C)CC(=O)Nc2sc3c(c2C#N)CCNC3)c1. The summed E-state index contributed by atoms with van der Waals surface area (Å²) in [5, 5.41) is 17.1. The number of nitriles is 1. The normalized spacial score (nSPS) is 14.5. The minimum Gasteiger partial charge on any atom is -0.317 e. The summed E-state index contributed by atoms with van der Waals surface area (Å²) in [4.78, 5) is 13.6. The lowest BCUT2D eigenvalue weighted by Crippen LogP contribution is -2.22. The van der Waals surface area contributed by atoms with Crippen LogP contribution in [-0.4, -0.2) is 12.5 Å². The predicted molar refractivity (Wildman–Crippen MR) is 102 cm³/mol. The molecule has 1 atom stereocenters. The number of rotatable bonds is 4. The topological polar surface area (TPSA) is 64.9 Å². The highest BCUT2D eigenvalue weighted by atomic mass is 35.5. The molecule has 1 aromatic carbocycles. The molecule has 1 amide bonds. The van der Waals surface area contributed by atoms with Gasteiger partial charge in [-0.15, -0.1) is 11.3 Å². The molecular formula is C19H20ClN3OS. The molecule has 2 N–H and O–H groups in total. The van der Waals surface area contributed by atoms with Crippen LogP contribution in [-0.2, 0) is 17.8 Å². The number of amides is 1. The fourth-order valence-corrected chi connectivity index (χ4v) is 4.64. The highest BCUT2D eigenvalue weighted by Gasteiger charge is 2.22. The molecule has 6 heteroatoms. The fourth-order valence-electron chi connectivity index (χ4n) is 3.15. The molecule has 2 aromatic rings. The van der Waals surface area contributed by atoms with E-state index < -0.39 is 0 Å². The average molecular weight is 374 g/mol. The summed E-state index contributed by atoms with van der Waals surface area (Å²) >= 11 is 7.77. The zero-order valence-corrected chi connectivity index (χ0v) is 15.9. The number of nitrogens with zero attached hydrogens (tertiary/aromatic N) is 1. The Hall–Kier alpha value is -1.87. The van der Waals surface area contributed by atoms with Crippen LogP contribution in [0, 0.1) is 18.3 Å². The van der Waals surface area contributed by atoms with E-state index in [0.29, 0.717) is 22.0 Å². The third-order valence-corrected chi connectivity index (χ3v) is 5.96. The van der Waals surface area contributed by atoms with Gasteiger partial charge in [-0.2, -0.15) is 5.26 Å². The molecule has 130 valence electrons. The number of anilines is 1. The van der Waals surface area contributed by atoms with Crippen molar-refractivity contribution >= 4 is 33.8 Å². The van der Waals surface area contributed by atoms with Crippen molar-refractivity contribution in [3.05, 3.63) is 50.4 Å². The van der Waals surface area contributed by atoms with Gasteiger partial charge in [0.25, 0.3) is 0 Å². The molecule has 1 aliphatic rings. The molecule has 0 saturated carbocycles. The van der Waals surface area contributed by atoms with Gasteiger partial charge in [-0.05, 0) is 43.0 Å². The minimum absolute atomic E-state index is 0.00851. The van der Waals surface area contributed by atoms with Crippen LogP contribution in [0.25, 0.3) is 0 Å². The highest BCUT2D eigenvalue weighted by molar-refractivity contribution is 7.16. The Morgan fingerprint density at radius 1 is 1.52 bits per heavy atom. The summed E-state index contributed by atoms with van der Waals surface area (Å²) in [5.41, 5.74) is 3.80. The molecule has 25 heavy (non-hydrogen) atoms. The first kappa shape index (κ1) is 17.9. The largest absolute Gasteiger partial charge is 0.317 e. The first-order valence-corrected chi connectivity index (χ1v) is 9.50. The Labute approximate surface area is 156 Å². The van der Waals surface area contributed by atoms with E-state index in [1.165, 1.54) is 11.3 Å². The zero-order valence-electron chi connectivity index (χ0n) is 14.3. The molecule has 1 aromatic heterocycles. The van der Waals surface area contributed by atoms with Gasteiger partial charge in [0.05, 0.1) is 5.56 Å². The lowest BCUT2D eigenvalue weighted by atomic mass is 9.96. The van der Waals surface area contributed by atoms with Gasteiger partial charge in [-0.3, -0.25) is 4.79 Å². The van der Waals surface area contributed by atoms with Gasteiger partial charge in [0.2, 0.25) is 5.91 Å². The molecule has 0 unspecified atom stereocenters. The Morgan fingerprint density at radius 3 is 3.08 bits per heavy atom. The van der Waals surface area contributed by atoms with E-state index in [4.69, 9.17) is 11.6 Å². The second-order valence-electron chi connectivity index (χ2n) is 6.42. The molecule has 4 nitrogen and oxygen atoms in total. The van der Waals surface area contributed by atoms with Gasteiger partial charge < -0.3 is 10.6 Å². The molecular weight excluding hydrogens is 354 g/mol. The van der Waals surface area contributed by atoms with Crippen LogP contribution in [0.15, 0.2) is 18.2 Å². The smallest absolute Gasteiger partial charge is 0.225 e. The first-order valence-electron chi connectivity index (χ1n) is 8.31. The van der Waals surface area contributed by atoms with Crippen molar-refractivity contribution in [1.82, 2.24) is 5.32 Å². The van der Waals surface area contributed by atoms with Crippen molar-refractivity contribution in [2.24, 2.45) is 0 Å². The Bertz CT molecular complexity index is 853. The second-order valence-corrected chi connectivity index (χ2v) is 7.94. The van der Waals surface area contributed by atoms with Gasteiger partial charge in [-0.1, -0.05) is 36.2 Å². The summed E-state index contributed by atoms with van der Waals surface area (Å²) in [7, 11) is 0. The van der Waals surface area contributed by atoms with Gasteiger partial charge in [0.1, 0.15) is 11.1 Å². The maximum Gasteiger partial charge on any atom is 0.225 e. The number of carbonyl (C=O) groups excluding carboxylic acids is 1. The van der Waals surface area contributed by atoms with Crippen molar-refractivity contribution in [3.63, 3.8) is 0 Å². The van der Waals surface area contributed by atoms with E-state index in [0.717, 1.165) is 41.1 Å². The molecule has 3 rings (SSSR count). The van der Waals surface area contributed by atoms with Crippen molar-refractivity contribution in [2.45, 2.75) is 39.2 Å². The lowest BCUT2D eigenvalue weighted by molar-refractivity contribution is -0.116. The van der Waals surface area contributed by atoms with Crippen LogP contribution in [0.1, 0.15) is 46.4 Å². The summed E-state index contributed by atoms with van der Waals surface area (Å²) in [6.45, 7) is 5.64. The highest BCUT2D eigenvalue weighted by Crippen LogP contribution is 2.35. The van der Waals surface area contributed by atoms with Crippen LogP contribution >= 0.6 is 22.9 Å². The third-order valence-electron chi connectivity index (χ3n) is 4.47. The van der Waals surface area contributed by atoms with Gasteiger partial charge in [-0.25, -0.2) is 0 Å². The molecule has 0 fully saturated rings. The zero-order chi connectivity index (χ0) is 18.0. The molecule has 1 aliphatic heterocycles. The van der Waals surface area contributed by atoms with E-state index in [-0.39, 0.29) is 11.8 Å². The fraction of sp³-hybridized carbons (Fsp3) is 0.368. The maximum atomic E-state index is 12.5. The summed E-state index contributed by atoms with van der Waals surface area (Å²) in [6.07, 6.45) is 1.16. The van der Waals surface area contributed by atoms with E-state index in [2.05, 4.69) is 16.7 Å². The summed E-state index contributed by atoms with van der Waals surface area (Å²) < 4.78 is 0. The van der Waals surface area contributed by atoms with Crippen molar-refractivity contribution in [3.8, 4) is 6.07 Å². The van der Waals surface area contributed by atoms with E-state index in [1.54, 1.807) is 0 Å². The number of hydrogen-bond acceptors (Lipinski definition) is 4. The second kappa shape index (κ2) is 7.57. The summed E-state index contributed by atoms with van der Waals surface area (Å²) in [6, 6.07) is 8.11. The predicted octanol–water partition coefficient (Wildman–Crippen LogP) is 4.36. The van der Waals surface area contributed by atoms with E-state index in [9.17, 15) is 10.1 Å². The van der Waals surface area contributed by atoms with Crippen molar-refractivity contribution in [2.75, 3.05) is 11.9 Å². The standard InChI is InChI=1S/C19H20ClN3OS/c1-11-3-4-16(20)14(7-11)12(2)8-18(24)23-19-15(9-21)13-5-6-22-10-17(13)25-19/h3-4,7,12,22H,5-6,8,10H2,1-2H3,(H,23,24)/t12-/m0/s1. The van der Waals surface area contributed by atoms with Crippen LogP contribution in [0.5, 0.6) is 0 Å². The molecule has 0 spiro atoms. The molecule has 2 heterocycles. The van der Waals surface area contributed by atoms with Crippen LogP contribution in [0.3, 0.4) is 0 Å². The molecule has 0 bridgehead atoms. The van der Waals surface area contributed by atoms with Gasteiger partial charge in [0.15, 0.2) is 0 Å². The number of benzene rings is 1. The van der Waals surface area contributed by atoms with Crippen LogP contribution in [0.4, 0.5) is 5.00 Å². The minimum atomic E-state index is -0.0897. The van der Waals surface area contributed by atoms with E-state index in [1.807, 2.05) is 32.0 Å². The number of halogens is 1. The number of aryl methyl sites for hydroxylation is 1. The average Bonchev–Trinajstić information content (AvgIpc) is 2.93. The summed E-state index contributed by atoms with van der Waals surface area (Å²) in [5.74, 6) is -0.0812. The van der Waals surface area contributed by atoms with E-state index >= 15 is 0 Å². The monoisotopic (exact) mass is 373 g/mol. The third kappa shape index (κ3) is 3.87. The van der Waals surface area contributed by atoms with Crippen LogP contribution in [0.2, 0.25) is 5.02 Å². The Morgan fingerprint density at radius 2 is 2.32 bits per heavy atom. The quantitative estimate of drug-likeness (QED) is 0.836. The first-order chi connectivity index (χ1) is 12.0. The molecule has 0 aliphatic carbocycles. The Kier molecular flexibility index (Phi) is 5.43. The number of hydrogen-bond donors (Lipinski definition) is 2. The molecule has 0 radical (unpaired) electrons.